The number of hydrogen-bond donors (Lipinski definition) is 2. The van der Waals surface area contributed by atoms with Crippen LogP contribution < -0.4 is 15.5 Å². The minimum absolute atomic E-state index is 0.0906. The number of anilines is 1. The highest BCUT2D eigenvalue weighted by atomic mass is 16.6. The van der Waals surface area contributed by atoms with Crippen LogP contribution in [0.3, 0.4) is 0 Å². The SMILES string of the molecule is COc1ccccc1C(=O)Nc1ccccc1C(=O)N/N=C(/C)Cn1cnc([N+](=O)[O-])n1. The number of nitrogens with zero attached hydrogens (tertiary/aromatic N) is 5. The van der Waals surface area contributed by atoms with Crippen LogP contribution in [0.15, 0.2) is 60.0 Å². The fourth-order valence-electron chi connectivity index (χ4n) is 2.73. The van der Waals surface area contributed by atoms with E-state index in [0.29, 0.717) is 22.7 Å². The third-order valence-corrected chi connectivity index (χ3v) is 4.20. The van der Waals surface area contributed by atoms with Gasteiger partial charge in [-0.1, -0.05) is 29.2 Å². The van der Waals surface area contributed by atoms with Crippen LogP contribution in [0.4, 0.5) is 11.6 Å². The first-order chi connectivity index (χ1) is 15.4. The van der Waals surface area contributed by atoms with Crippen LogP contribution in [0.5, 0.6) is 5.75 Å². The molecule has 0 unspecified atom stereocenters. The van der Waals surface area contributed by atoms with E-state index < -0.39 is 22.7 Å². The molecule has 0 saturated carbocycles. The topological polar surface area (TPSA) is 154 Å². The minimum atomic E-state index is -0.707. The molecule has 12 nitrogen and oxygen atoms in total. The van der Waals surface area contributed by atoms with E-state index in [2.05, 4.69) is 25.9 Å². The van der Waals surface area contributed by atoms with Gasteiger partial charge in [0.15, 0.2) is 0 Å². The zero-order chi connectivity index (χ0) is 23.1. The summed E-state index contributed by atoms with van der Waals surface area (Å²) in [6.07, 6.45) is 1.20. The maximum Gasteiger partial charge on any atom is 0.490 e. The number of methoxy groups -OCH3 is 1. The smallest absolute Gasteiger partial charge is 0.490 e. The van der Waals surface area contributed by atoms with E-state index in [-0.39, 0.29) is 12.1 Å². The second-order valence-electron chi connectivity index (χ2n) is 6.49. The number of hydrazone groups is 1. The lowest BCUT2D eigenvalue weighted by Gasteiger charge is -2.12. The van der Waals surface area contributed by atoms with Crippen molar-refractivity contribution in [2.24, 2.45) is 5.10 Å². The molecule has 164 valence electrons. The average molecular weight is 437 g/mol. The van der Waals surface area contributed by atoms with Gasteiger partial charge in [-0.05, 0) is 36.1 Å². The van der Waals surface area contributed by atoms with E-state index in [1.54, 1.807) is 55.5 Å². The molecule has 1 aromatic heterocycles. The van der Waals surface area contributed by atoms with Crippen LogP contribution >= 0.6 is 0 Å². The Morgan fingerprint density at radius 3 is 2.50 bits per heavy atom. The van der Waals surface area contributed by atoms with E-state index in [4.69, 9.17) is 4.74 Å². The lowest BCUT2D eigenvalue weighted by molar-refractivity contribution is -0.394. The molecular formula is C20H19N7O5. The second kappa shape index (κ2) is 9.93. The first-order valence-corrected chi connectivity index (χ1v) is 9.29. The Morgan fingerprint density at radius 2 is 1.81 bits per heavy atom. The zero-order valence-electron chi connectivity index (χ0n) is 17.2. The van der Waals surface area contributed by atoms with Crippen molar-refractivity contribution >= 4 is 29.2 Å². The maximum atomic E-state index is 12.7. The summed E-state index contributed by atoms with van der Waals surface area (Å²) in [5, 5.41) is 21.0. The van der Waals surface area contributed by atoms with E-state index in [1.165, 1.54) is 18.1 Å². The van der Waals surface area contributed by atoms with Gasteiger partial charge in [0.05, 0.1) is 36.2 Å². The fourth-order valence-corrected chi connectivity index (χ4v) is 2.73. The van der Waals surface area contributed by atoms with Crippen LogP contribution in [0.25, 0.3) is 0 Å². The number of benzene rings is 2. The molecule has 3 rings (SSSR count). The molecule has 0 saturated heterocycles. The molecule has 0 radical (unpaired) electrons. The van der Waals surface area contributed by atoms with Crippen molar-refractivity contribution in [3.8, 4) is 5.75 Å². The van der Waals surface area contributed by atoms with Crippen molar-refractivity contribution in [2.45, 2.75) is 13.5 Å². The Balaban J connectivity index is 1.70. The lowest BCUT2D eigenvalue weighted by atomic mass is 10.1. The molecule has 0 aliphatic carbocycles. The number of nitrogens with one attached hydrogen (secondary N) is 2. The van der Waals surface area contributed by atoms with Crippen LogP contribution in [0.1, 0.15) is 27.6 Å². The number of amides is 2. The number of hydrogen-bond acceptors (Lipinski definition) is 8. The molecule has 0 aliphatic rings. The van der Waals surface area contributed by atoms with Gasteiger partial charge in [-0.15, -0.1) is 0 Å². The Bertz CT molecular complexity index is 1190. The predicted molar refractivity (Wildman–Crippen MR) is 115 cm³/mol. The molecule has 0 spiro atoms. The van der Waals surface area contributed by atoms with E-state index in [9.17, 15) is 19.7 Å². The summed E-state index contributed by atoms with van der Waals surface area (Å²) in [7, 11) is 1.46. The van der Waals surface area contributed by atoms with Crippen molar-refractivity contribution in [1.82, 2.24) is 20.2 Å². The highest BCUT2D eigenvalue weighted by molar-refractivity contribution is 6.10. The van der Waals surface area contributed by atoms with Crippen LogP contribution in [0, 0.1) is 10.1 Å². The number of para-hydroxylation sites is 2. The summed E-state index contributed by atoms with van der Waals surface area (Å²) in [6, 6.07) is 13.2. The summed E-state index contributed by atoms with van der Waals surface area (Å²) in [6.45, 7) is 1.70. The van der Waals surface area contributed by atoms with E-state index in [1.807, 2.05) is 0 Å². The summed E-state index contributed by atoms with van der Waals surface area (Å²) in [5.41, 5.74) is 3.64. The Hall–Kier alpha value is -4.61. The summed E-state index contributed by atoms with van der Waals surface area (Å²) in [4.78, 5) is 38.8. The van der Waals surface area contributed by atoms with Gasteiger partial charge in [-0.25, -0.2) is 5.43 Å². The van der Waals surface area contributed by atoms with Gasteiger partial charge >= 0.3 is 5.95 Å². The van der Waals surface area contributed by atoms with Crippen LogP contribution in [-0.4, -0.2) is 44.3 Å². The molecule has 0 aliphatic heterocycles. The molecule has 3 aromatic rings. The number of carbonyl (C=O) groups excluding carboxylic acids is 2. The Labute approximate surface area is 182 Å². The van der Waals surface area contributed by atoms with Gasteiger partial charge in [0.2, 0.25) is 6.33 Å². The number of rotatable bonds is 8. The van der Waals surface area contributed by atoms with Crippen LogP contribution in [0.2, 0.25) is 0 Å². The molecule has 2 amide bonds. The Kier molecular flexibility index (Phi) is 6.85. The van der Waals surface area contributed by atoms with Gasteiger partial charge < -0.3 is 20.2 Å². The van der Waals surface area contributed by atoms with E-state index >= 15 is 0 Å². The predicted octanol–water partition coefficient (Wildman–Crippen LogP) is 2.25. The standard InChI is InChI=1S/C20H19N7O5/c1-13(11-26-12-21-20(25-26)27(30)31)23-24-19(29)14-7-3-5-9-16(14)22-18(28)15-8-4-6-10-17(15)32-2/h3-10,12H,11H2,1-2H3,(H,22,28)(H,24,29)/b23-13-. The van der Waals surface area contributed by atoms with Crippen molar-refractivity contribution < 1.29 is 19.2 Å². The molecule has 0 atom stereocenters. The Morgan fingerprint density at radius 1 is 1.12 bits per heavy atom. The number of ether oxygens (including phenoxy) is 1. The second-order valence-corrected chi connectivity index (χ2v) is 6.49. The average Bonchev–Trinajstić information content (AvgIpc) is 3.26. The molecule has 12 heteroatoms. The van der Waals surface area contributed by atoms with Gasteiger partial charge in [0, 0.05) is 5.10 Å². The highest BCUT2D eigenvalue weighted by Gasteiger charge is 2.17. The minimum Gasteiger partial charge on any atom is -0.496 e. The van der Waals surface area contributed by atoms with Crippen molar-refractivity contribution in [2.75, 3.05) is 12.4 Å². The normalized spacial score (nSPS) is 11.0. The fraction of sp³-hybridized carbons (Fsp3) is 0.150. The van der Waals surface area contributed by atoms with E-state index in [0.717, 1.165) is 0 Å². The van der Waals surface area contributed by atoms with Gasteiger partial charge in [-0.3, -0.25) is 9.59 Å². The third kappa shape index (κ3) is 5.30. The van der Waals surface area contributed by atoms with Crippen molar-refractivity contribution in [3.05, 3.63) is 76.1 Å². The maximum absolute atomic E-state index is 12.7. The molecule has 0 fully saturated rings. The molecule has 0 bridgehead atoms. The number of carbonyl (C=O) groups is 2. The summed E-state index contributed by atoms with van der Waals surface area (Å²) < 4.78 is 6.43. The van der Waals surface area contributed by atoms with Crippen molar-refractivity contribution in [1.29, 1.82) is 0 Å². The number of aromatic nitrogens is 3. The van der Waals surface area contributed by atoms with Crippen LogP contribution in [-0.2, 0) is 6.54 Å². The number of nitro groups is 1. The first kappa shape index (κ1) is 22.1. The largest absolute Gasteiger partial charge is 0.496 e. The monoisotopic (exact) mass is 437 g/mol. The third-order valence-electron chi connectivity index (χ3n) is 4.20. The molecule has 2 aromatic carbocycles. The summed E-state index contributed by atoms with van der Waals surface area (Å²) >= 11 is 0. The lowest BCUT2D eigenvalue weighted by Crippen LogP contribution is -2.23. The quantitative estimate of drug-likeness (QED) is 0.311. The van der Waals surface area contributed by atoms with Gasteiger partial charge in [-0.2, -0.15) is 9.78 Å². The highest BCUT2D eigenvalue weighted by Crippen LogP contribution is 2.21. The van der Waals surface area contributed by atoms with Crippen molar-refractivity contribution in [3.63, 3.8) is 0 Å². The molecular weight excluding hydrogens is 418 g/mol. The first-order valence-electron chi connectivity index (χ1n) is 9.29. The molecule has 32 heavy (non-hydrogen) atoms. The van der Waals surface area contributed by atoms with Gasteiger partial charge in [0.1, 0.15) is 5.75 Å². The zero-order valence-corrected chi connectivity index (χ0v) is 17.2. The molecule has 1 heterocycles. The van der Waals surface area contributed by atoms with Gasteiger partial charge in [0.25, 0.3) is 11.8 Å². The molecule has 2 N–H and O–H groups in total. The summed E-state index contributed by atoms with van der Waals surface area (Å²) in [5.74, 6) is -1.11.